The Morgan fingerprint density at radius 1 is 0.457 bits per heavy atom. The van der Waals surface area contributed by atoms with Crippen LogP contribution in [-0.2, 0) is 57.1 Å². The zero-order chi connectivity index (χ0) is 64.7. The van der Waals surface area contributed by atoms with E-state index in [1.54, 1.807) is 27.7 Å². The second-order valence-corrected chi connectivity index (χ2v) is 31.3. The van der Waals surface area contributed by atoms with E-state index in [0.29, 0.717) is 62.7 Å². The maximum atomic E-state index is 11.5. The van der Waals surface area contributed by atoms with Gasteiger partial charge in [-0.05, 0) is 178 Å². The molecule has 0 aliphatic heterocycles. The largest absolute Gasteiger partial charge is 0.463 e. The second kappa shape index (κ2) is 46.2. The highest BCUT2D eigenvalue weighted by molar-refractivity contribution is 7.99. The van der Waals surface area contributed by atoms with Crippen LogP contribution in [0.15, 0.2) is 0 Å². The first kappa shape index (κ1) is 92.7. The van der Waals surface area contributed by atoms with E-state index in [1.807, 2.05) is 152 Å². The van der Waals surface area contributed by atoms with Crippen LogP contribution in [0.3, 0.4) is 0 Å². The summed E-state index contributed by atoms with van der Waals surface area (Å²) >= 11 is 2.13. The summed E-state index contributed by atoms with van der Waals surface area (Å²) in [7, 11) is 0. The Morgan fingerprint density at radius 3 is 1.04 bits per heavy atom. The monoisotopic (exact) mass is 1190 g/mol. The standard InChI is InChI=1S/C14H30S.C12H25NO2.C11H24O3.C10H18O4.C10H22O2.C8H16O2.CH4/c1-13(2,3)9-7-11-15-12-8-10-14(4,5)6;1-11(2,3)10(14)13-8-7-9-15-12(4,5)6;1-10(2,3)13-7-9(12)8-14-11(4,5)6;1-6(2)9(11)13-8(5)14-10(12)7(3)4;1-9(2,3)11-7-8-12-10(4,5)6;1-6(2)5-8(9)10-7(3)4;/h7-12H2,1-6H3;7-9H2,1-6H3,(H,13,14);9,12H,7-8H2,1-6H3;6-8H,1-5H3;7-8H2,1-6H3;6-7H,5H2,1-4H3;1H4. The number of aliphatic hydroxyl groups is 1. The van der Waals surface area contributed by atoms with E-state index in [2.05, 4.69) is 58.6 Å². The molecule has 0 rings (SSSR count). The van der Waals surface area contributed by atoms with Gasteiger partial charge in [0.05, 0.1) is 72.4 Å². The molecule has 0 aliphatic rings. The maximum absolute atomic E-state index is 11.5. The van der Waals surface area contributed by atoms with Gasteiger partial charge in [-0.3, -0.25) is 19.2 Å². The van der Waals surface area contributed by atoms with Crippen LogP contribution < -0.4 is 5.32 Å². The van der Waals surface area contributed by atoms with Gasteiger partial charge in [0.25, 0.3) is 0 Å². The molecule has 0 spiro atoms. The Kier molecular flexibility index (Phi) is 52.9. The van der Waals surface area contributed by atoms with Crippen LogP contribution >= 0.6 is 11.8 Å². The lowest BCUT2D eigenvalue weighted by atomic mass is 9.91. The van der Waals surface area contributed by atoms with Gasteiger partial charge in [-0.1, -0.05) is 111 Å². The number of ether oxygens (including phenoxy) is 8. The van der Waals surface area contributed by atoms with Crippen LogP contribution in [0, 0.1) is 34.0 Å². The number of thioether (sulfide) groups is 1. The average Bonchev–Trinajstić information content (AvgIpc) is 3.21. The second-order valence-electron chi connectivity index (χ2n) is 30.1. The number of rotatable bonds is 24. The van der Waals surface area contributed by atoms with Crippen LogP contribution in [0.5, 0.6) is 0 Å². The number of hydrogen-bond donors (Lipinski definition) is 2. The van der Waals surface area contributed by atoms with Gasteiger partial charge in [0.1, 0.15) is 6.10 Å². The van der Waals surface area contributed by atoms with Crippen LogP contribution in [0.25, 0.3) is 0 Å². The molecule has 0 saturated carbocycles. The van der Waals surface area contributed by atoms with E-state index < -0.39 is 12.4 Å². The van der Waals surface area contributed by atoms with E-state index in [-0.39, 0.29) is 82.6 Å². The first-order valence-electron chi connectivity index (χ1n) is 29.8. The fourth-order valence-corrected chi connectivity index (χ4v) is 6.03. The van der Waals surface area contributed by atoms with Crippen molar-refractivity contribution >= 4 is 35.6 Å². The summed E-state index contributed by atoms with van der Waals surface area (Å²) in [5.74, 6) is 1.94. The molecular weight excluding hydrogens is 1050 g/mol. The lowest BCUT2D eigenvalue weighted by Gasteiger charge is -2.25. The Balaban J connectivity index is -0.000000163. The van der Waals surface area contributed by atoms with Crippen LogP contribution in [0.1, 0.15) is 274 Å². The Morgan fingerprint density at radius 2 is 0.778 bits per heavy atom. The summed E-state index contributed by atoms with van der Waals surface area (Å²) < 4.78 is 42.0. The van der Waals surface area contributed by atoms with Crippen molar-refractivity contribution in [2.24, 2.45) is 34.0 Å². The molecule has 0 unspecified atom stereocenters. The van der Waals surface area contributed by atoms with Gasteiger partial charge in [-0.25, -0.2) is 0 Å². The third-order valence-corrected chi connectivity index (χ3v) is 10.4. The summed E-state index contributed by atoms with van der Waals surface area (Å²) in [6.45, 7) is 69.3. The minimum Gasteiger partial charge on any atom is -0.463 e. The number of aliphatic hydroxyl groups excluding tert-OH is 1. The Bertz CT molecular complexity index is 1440. The van der Waals surface area contributed by atoms with Gasteiger partial charge in [0.15, 0.2) is 0 Å². The van der Waals surface area contributed by atoms with Gasteiger partial charge in [-0.15, -0.1) is 0 Å². The fraction of sp³-hybridized carbons (Fsp3) is 0.939. The predicted molar refractivity (Wildman–Crippen MR) is 345 cm³/mol. The van der Waals surface area contributed by atoms with Crippen molar-refractivity contribution in [3.05, 3.63) is 0 Å². The van der Waals surface area contributed by atoms with Crippen LogP contribution in [0.4, 0.5) is 0 Å². The first-order valence-corrected chi connectivity index (χ1v) is 31.0. The highest BCUT2D eigenvalue weighted by Gasteiger charge is 2.22. The summed E-state index contributed by atoms with van der Waals surface area (Å²) in [4.78, 5) is 44.5. The highest BCUT2D eigenvalue weighted by atomic mass is 32.2. The number of hydrogen-bond acceptors (Lipinski definition) is 14. The average molecular weight is 1190 g/mol. The summed E-state index contributed by atoms with van der Waals surface area (Å²) in [6.07, 6.45) is 5.53. The van der Waals surface area contributed by atoms with Crippen LogP contribution in [0.2, 0.25) is 0 Å². The van der Waals surface area contributed by atoms with E-state index >= 15 is 0 Å². The van der Waals surface area contributed by atoms with E-state index in [9.17, 15) is 24.3 Å². The third kappa shape index (κ3) is 91.9. The normalized spacial score (nSPS) is 12.3. The van der Waals surface area contributed by atoms with Gasteiger partial charge in [0, 0.05) is 31.9 Å². The summed E-state index contributed by atoms with van der Waals surface area (Å²) in [5.41, 5.74) is 0.130. The van der Waals surface area contributed by atoms with Gasteiger partial charge >= 0.3 is 17.9 Å². The Hall–Kier alpha value is -2.01. The minimum absolute atomic E-state index is 0. The van der Waals surface area contributed by atoms with Crippen molar-refractivity contribution in [1.82, 2.24) is 5.32 Å². The molecule has 2 N–H and O–H groups in total. The quantitative estimate of drug-likeness (QED) is 0.0531. The molecule has 0 aliphatic carbocycles. The lowest BCUT2D eigenvalue weighted by Crippen LogP contribution is -2.35. The molecule has 0 saturated heterocycles. The molecule has 0 aromatic rings. The molecule has 81 heavy (non-hydrogen) atoms. The van der Waals surface area contributed by atoms with Gasteiger partial charge in [-0.2, -0.15) is 11.8 Å². The molecule has 15 heteroatoms. The molecule has 14 nitrogen and oxygen atoms in total. The molecule has 0 fully saturated rings. The predicted octanol–water partition coefficient (Wildman–Crippen LogP) is 16.7. The van der Waals surface area contributed by atoms with Crippen molar-refractivity contribution in [3.63, 3.8) is 0 Å². The van der Waals surface area contributed by atoms with E-state index in [1.165, 1.54) is 44.1 Å². The lowest BCUT2D eigenvalue weighted by molar-refractivity contribution is -0.189. The topological polar surface area (TPSA) is 174 Å². The molecule has 492 valence electrons. The molecule has 0 bridgehead atoms. The maximum Gasteiger partial charge on any atom is 0.311 e. The number of esters is 3. The molecular formula is C66H139NO13S. The zero-order valence-corrected chi connectivity index (χ0v) is 59.4. The third-order valence-electron chi connectivity index (χ3n) is 9.27. The van der Waals surface area contributed by atoms with E-state index in [4.69, 9.17) is 37.9 Å². The SMILES string of the molecule is C.CC(C)(C)CCCSCCCC(C)(C)C.CC(C)(C)OCC(O)COC(C)(C)C.CC(C)(C)OCCCNC(=O)C(C)(C)C.CC(C)(C)OCCOC(C)(C)C.CC(C)CC(=O)OC(C)C.CC(OC(=O)C(C)C)OC(=O)C(C)C. The summed E-state index contributed by atoms with van der Waals surface area (Å²) in [6, 6.07) is 0. The molecule has 1 amide bonds. The van der Waals surface area contributed by atoms with Crippen molar-refractivity contribution in [2.45, 2.75) is 321 Å². The number of carbonyl (C=O) groups is 4. The van der Waals surface area contributed by atoms with Gasteiger partial charge < -0.3 is 48.3 Å². The number of nitrogens with one attached hydrogen (secondary N) is 1. The van der Waals surface area contributed by atoms with E-state index in [0.717, 1.165) is 6.42 Å². The minimum atomic E-state index is -0.806. The molecule has 0 atom stereocenters. The highest BCUT2D eigenvalue weighted by Crippen LogP contribution is 2.25. The number of carbonyl (C=O) groups excluding carboxylic acids is 4. The molecule has 0 radical (unpaired) electrons. The van der Waals surface area contributed by atoms with Crippen LogP contribution in [-0.4, -0.2) is 127 Å². The zero-order valence-electron chi connectivity index (χ0n) is 58.6. The summed E-state index contributed by atoms with van der Waals surface area (Å²) in [5, 5.41) is 12.4. The van der Waals surface area contributed by atoms with Crippen molar-refractivity contribution in [3.8, 4) is 0 Å². The molecule has 0 aromatic carbocycles. The number of amides is 1. The van der Waals surface area contributed by atoms with Crippen molar-refractivity contribution < 1.29 is 62.2 Å². The molecule has 0 aromatic heterocycles. The fourth-order valence-electron chi connectivity index (χ4n) is 5.13. The Labute approximate surface area is 507 Å². The molecule has 0 heterocycles. The van der Waals surface area contributed by atoms with Crippen molar-refractivity contribution in [1.29, 1.82) is 0 Å². The smallest absolute Gasteiger partial charge is 0.311 e. The first-order chi connectivity index (χ1) is 35.5. The van der Waals surface area contributed by atoms with Gasteiger partial charge in [0.2, 0.25) is 12.2 Å². The van der Waals surface area contributed by atoms with Crippen molar-refractivity contribution in [2.75, 3.05) is 51.1 Å².